The molecule has 2 saturated heterocycles. The van der Waals surface area contributed by atoms with Gasteiger partial charge in [-0.2, -0.15) is 5.10 Å². The first-order valence-electron chi connectivity index (χ1n) is 8.12. The summed E-state index contributed by atoms with van der Waals surface area (Å²) in [7, 11) is -1.23. The third kappa shape index (κ3) is 3.92. The second kappa shape index (κ2) is 6.60. The maximum Gasteiger partial charge on any atom is 0.236 e. The van der Waals surface area contributed by atoms with Crippen molar-refractivity contribution in [2.45, 2.75) is 31.2 Å². The van der Waals surface area contributed by atoms with Crippen LogP contribution < -0.4 is 0 Å². The zero-order chi connectivity index (χ0) is 16.4. The molecular weight excluding hydrogens is 316 g/mol. The van der Waals surface area contributed by atoms with Gasteiger partial charge < -0.3 is 4.90 Å². The molecule has 23 heavy (non-hydrogen) atoms. The van der Waals surface area contributed by atoms with Crippen molar-refractivity contribution in [2.75, 3.05) is 38.2 Å². The Labute approximate surface area is 137 Å². The Balaban J connectivity index is 1.47. The molecule has 128 valence electrons. The molecule has 0 aliphatic carbocycles. The van der Waals surface area contributed by atoms with Crippen LogP contribution in [0.3, 0.4) is 0 Å². The minimum Gasteiger partial charge on any atom is -0.341 e. The SMILES string of the molecule is CN(C(=O)CN1CCC(c2cn[nH]c2)CC1)[C@H]1CCS(=O)(=O)C1. The molecule has 3 rings (SSSR count). The highest BCUT2D eigenvalue weighted by Crippen LogP contribution is 2.27. The lowest BCUT2D eigenvalue weighted by Crippen LogP contribution is -2.45. The summed E-state index contributed by atoms with van der Waals surface area (Å²) in [5.41, 5.74) is 1.24. The number of nitrogens with zero attached hydrogens (tertiary/aromatic N) is 3. The van der Waals surface area contributed by atoms with Gasteiger partial charge in [0.2, 0.25) is 5.91 Å². The van der Waals surface area contributed by atoms with Crippen LogP contribution in [0.15, 0.2) is 12.4 Å². The van der Waals surface area contributed by atoms with Gasteiger partial charge in [-0.25, -0.2) is 8.42 Å². The van der Waals surface area contributed by atoms with Crippen LogP contribution in [0.1, 0.15) is 30.7 Å². The largest absolute Gasteiger partial charge is 0.341 e. The number of carbonyl (C=O) groups excluding carboxylic acids is 1. The Hall–Kier alpha value is -1.41. The molecule has 1 atom stereocenters. The smallest absolute Gasteiger partial charge is 0.236 e. The number of hydrogen-bond acceptors (Lipinski definition) is 5. The number of likely N-dealkylation sites (tertiary alicyclic amines) is 1. The maximum absolute atomic E-state index is 12.4. The van der Waals surface area contributed by atoms with E-state index in [0.29, 0.717) is 18.9 Å². The molecule has 1 N–H and O–H groups in total. The van der Waals surface area contributed by atoms with Crippen LogP contribution in [0.5, 0.6) is 0 Å². The minimum atomic E-state index is -2.96. The van der Waals surface area contributed by atoms with E-state index in [2.05, 4.69) is 15.1 Å². The van der Waals surface area contributed by atoms with E-state index in [1.807, 2.05) is 12.4 Å². The maximum atomic E-state index is 12.4. The molecule has 2 aliphatic heterocycles. The molecule has 8 heteroatoms. The van der Waals surface area contributed by atoms with E-state index in [1.165, 1.54) is 5.56 Å². The van der Waals surface area contributed by atoms with Crippen molar-refractivity contribution in [3.63, 3.8) is 0 Å². The summed E-state index contributed by atoms with van der Waals surface area (Å²) in [5.74, 6) is 0.843. The average molecular weight is 340 g/mol. The molecule has 2 aliphatic rings. The van der Waals surface area contributed by atoms with Crippen LogP contribution in [-0.2, 0) is 14.6 Å². The van der Waals surface area contributed by atoms with Crippen LogP contribution in [0.2, 0.25) is 0 Å². The Bertz CT molecular complexity index is 636. The quantitative estimate of drug-likeness (QED) is 0.848. The van der Waals surface area contributed by atoms with E-state index in [9.17, 15) is 13.2 Å². The zero-order valence-corrected chi connectivity index (χ0v) is 14.3. The highest BCUT2D eigenvalue weighted by atomic mass is 32.2. The van der Waals surface area contributed by atoms with Gasteiger partial charge in [0.05, 0.1) is 24.2 Å². The standard InChI is InChI=1S/C15H24N4O3S/c1-18(14-4-7-23(21,22)11-14)15(20)10-19-5-2-12(3-6-19)13-8-16-17-9-13/h8-9,12,14H,2-7,10-11H2,1H3,(H,16,17)/t14-/m0/s1. The van der Waals surface area contributed by atoms with E-state index in [0.717, 1.165) is 25.9 Å². The van der Waals surface area contributed by atoms with Gasteiger partial charge in [-0.1, -0.05) is 0 Å². The normalized spacial score (nSPS) is 25.5. The summed E-state index contributed by atoms with van der Waals surface area (Å²) in [6.07, 6.45) is 6.43. The second-order valence-corrected chi connectivity index (χ2v) is 8.87. The molecule has 7 nitrogen and oxygen atoms in total. The van der Waals surface area contributed by atoms with Gasteiger partial charge in [0.25, 0.3) is 0 Å². The van der Waals surface area contributed by atoms with Crippen molar-refractivity contribution >= 4 is 15.7 Å². The van der Waals surface area contributed by atoms with Crippen molar-refractivity contribution in [1.82, 2.24) is 20.0 Å². The van der Waals surface area contributed by atoms with Crippen LogP contribution in [-0.4, -0.2) is 78.6 Å². The summed E-state index contributed by atoms with van der Waals surface area (Å²) >= 11 is 0. The van der Waals surface area contributed by atoms with Gasteiger partial charge in [0.15, 0.2) is 9.84 Å². The summed E-state index contributed by atoms with van der Waals surface area (Å²) in [4.78, 5) is 16.2. The second-order valence-electron chi connectivity index (χ2n) is 6.64. The predicted octanol–water partition coefficient (Wildman–Crippen LogP) is 0.235. The van der Waals surface area contributed by atoms with Crippen molar-refractivity contribution in [1.29, 1.82) is 0 Å². The van der Waals surface area contributed by atoms with Crippen LogP contribution in [0, 0.1) is 0 Å². The number of nitrogens with one attached hydrogen (secondary N) is 1. The van der Waals surface area contributed by atoms with Crippen molar-refractivity contribution in [3.05, 3.63) is 18.0 Å². The molecule has 3 heterocycles. The Morgan fingerprint density at radius 1 is 1.39 bits per heavy atom. The van der Waals surface area contributed by atoms with Gasteiger partial charge in [0, 0.05) is 19.3 Å². The summed E-state index contributed by atoms with van der Waals surface area (Å²) in [6.45, 7) is 2.15. The zero-order valence-electron chi connectivity index (χ0n) is 13.4. The number of aromatic nitrogens is 2. The summed E-state index contributed by atoms with van der Waals surface area (Å²) in [5, 5.41) is 6.85. The first-order chi connectivity index (χ1) is 10.9. The third-order valence-electron chi connectivity index (χ3n) is 5.09. The first kappa shape index (κ1) is 16.4. The van der Waals surface area contributed by atoms with Gasteiger partial charge in [0.1, 0.15) is 0 Å². The molecular formula is C15H24N4O3S. The van der Waals surface area contributed by atoms with Crippen LogP contribution >= 0.6 is 0 Å². The van der Waals surface area contributed by atoms with E-state index < -0.39 is 9.84 Å². The molecule has 1 amide bonds. The monoisotopic (exact) mass is 340 g/mol. The number of sulfone groups is 1. The van der Waals surface area contributed by atoms with E-state index in [1.54, 1.807) is 11.9 Å². The third-order valence-corrected chi connectivity index (χ3v) is 6.84. The fourth-order valence-corrected chi connectivity index (χ4v) is 5.27. The number of amides is 1. The topological polar surface area (TPSA) is 86.4 Å². The van der Waals surface area contributed by atoms with Gasteiger partial charge in [-0.3, -0.25) is 14.8 Å². The van der Waals surface area contributed by atoms with Gasteiger partial charge >= 0.3 is 0 Å². The molecule has 1 aromatic heterocycles. The molecule has 0 radical (unpaired) electrons. The number of hydrogen-bond donors (Lipinski definition) is 1. The summed E-state index contributed by atoms with van der Waals surface area (Å²) in [6, 6.07) is -0.157. The summed E-state index contributed by atoms with van der Waals surface area (Å²) < 4.78 is 23.1. The molecule has 0 spiro atoms. The lowest BCUT2D eigenvalue weighted by Gasteiger charge is -2.33. The van der Waals surface area contributed by atoms with Crippen LogP contribution in [0.25, 0.3) is 0 Å². The number of carbonyl (C=O) groups is 1. The van der Waals surface area contributed by atoms with Gasteiger partial charge in [-0.15, -0.1) is 0 Å². The van der Waals surface area contributed by atoms with E-state index >= 15 is 0 Å². The molecule has 1 aromatic rings. The fraction of sp³-hybridized carbons (Fsp3) is 0.733. The number of likely N-dealkylation sites (N-methyl/N-ethyl adjacent to an activating group) is 1. The highest BCUT2D eigenvalue weighted by Gasteiger charge is 2.33. The molecule has 0 saturated carbocycles. The average Bonchev–Trinajstić information content (AvgIpc) is 3.16. The highest BCUT2D eigenvalue weighted by molar-refractivity contribution is 7.91. The van der Waals surface area contributed by atoms with Crippen molar-refractivity contribution in [2.24, 2.45) is 0 Å². The van der Waals surface area contributed by atoms with Crippen molar-refractivity contribution < 1.29 is 13.2 Å². The Morgan fingerprint density at radius 2 is 2.13 bits per heavy atom. The van der Waals surface area contributed by atoms with Crippen LogP contribution in [0.4, 0.5) is 0 Å². The fourth-order valence-electron chi connectivity index (χ4n) is 3.50. The number of H-pyrrole nitrogens is 1. The predicted molar refractivity (Wildman–Crippen MR) is 86.8 cm³/mol. The number of aromatic amines is 1. The lowest BCUT2D eigenvalue weighted by molar-refractivity contribution is -0.133. The molecule has 0 unspecified atom stereocenters. The van der Waals surface area contributed by atoms with Crippen molar-refractivity contribution in [3.8, 4) is 0 Å². The lowest BCUT2D eigenvalue weighted by atomic mass is 9.91. The first-order valence-corrected chi connectivity index (χ1v) is 9.94. The number of rotatable bonds is 4. The van der Waals surface area contributed by atoms with E-state index in [4.69, 9.17) is 0 Å². The Morgan fingerprint density at radius 3 is 2.70 bits per heavy atom. The minimum absolute atomic E-state index is 0.0221. The molecule has 0 aromatic carbocycles. The Kier molecular flexibility index (Phi) is 4.72. The number of piperidine rings is 1. The molecule has 0 bridgehead atoms. The van der Waals surface area contributed by atoms with E-state index in [-0.39, 0.29) is 23.5 Å². The van der Waals surface area contributed by atoms with Gasteiger partial charge in [-0.05, 0) is 43.8 Å². The molecule has 2 fully saturated rings.